The van der Waals surface area contributed by atoms with E-state index in [1.165, 1.54) is 12.8 Å². The van der Waals surface area contributed by atoms with Crippen LogP contribution < -0.4 is 5.73 Å². The van der Waals surface area contributed by atoms with Gasteiger partial charge >= 0.3 is 0 Å². The minimum absolute atomic E-state index is 0. The lowest BCUT2D eigenvalue weighted by molar-refractivity contribution is 0.847. The number of hydrogen-bond acceptors (Lipinski definition) is 1. The maximum atomic E-state index is 5.23. The fourth-order valence-corrected chi connectivity index (χ4v) is 0.354. The number of nitrogens with two attached hydrogens (primary N) is 1. The van der Waals surface area contributed by atoms with E-state index in [-0.39, 0.29) is 7.43 Å². The van der Waals surface area contributed by atoms with Gasteiger partial charge in [0.2, 0.25) is 0 Å². The van der Waals surface area contributed by atoms with Crippen LogP contribution in [0.1, 0.15) is 20.3 Å². The van der Waals surface area contributed by atoms with Crippen LogP contribution in [-0.4, -0.2) is 6.54 Å². The van der Waals surface area contributed by atoms with E-state index in [0.29, 0.717) is 0 Å². The third-order valence-electron chi connectivity index (χ3n) is 1.03. The highest BCUT2D eigenvalue weighted by molar-refractivity contribution is 4.72. The van der Waals surface area contributed by atoms with Gasteiger partial charge in [0.05, 0.1) is 0 Å². The molecule has 0 heterocycles. The van der Waals surface area contributed by atoms with Gasteiger partial charge in [-0.2, -0.15) is 0 Å². The zero-order valence-corrected chi connectivity index (χ0v) is 3.28. The quantitative estimate of drug-likeness (QED) is 0.507. The van der Waals surface area contributed by atoms with Gasteiger partial charge in [-0.3, -0.25) is 0 Å². The molecule has 0 amide bonds. The first-order valence-electron chi connectivity index (χ1n) is 2.13. The molecule has 0 radical (unpaired) electrons. The summed E-state index contributed by atoms with van der Waals surface area (Å²) >= 11 is 0. The van der Waals surface area contributed by atoms with E-state index in [1.54, 1.807) is 0 Å². The predicted molar refractivity (Wildman–Crippen MR) is 28.5 cm³/mol. The molecule has 1 saturated carbocycles. The van der Waals surface area contributed by atoms with Crippen LogP contribution in [0.2, 0.25) is 0 Å². The molecule has 0 spiro atoms. The van der Waals surface area contributed by atoms with Crippen molar-refractivity contribution in [2.45, 2.75) is 20.3 Å². The Bertz CT molecular complexity index is 30.9. The molecule has 38 valence electrons. The second-order valence-corrected chi connectivity index (χ2v) is 1.68. The Morgan fingerprint density at radius 1 is 1.50 bits per heavy atom. The molecule has 0 bridgehead atoms. The van der Waals surface area contributed by atoms with Crippen molar-refractivity contribution < 1.29 is 0 Å². The first-order chi connectivity index (χ1) is 2.43. The van der Waals surface area contributed by atoms with Crippen molar-refractivity contribution in [3.63, 3.8) is 0 Å². The normalized spacial score (nSPS) is 19.5. The summed E-state index contributed by atoms with van der Waals surface area (Å²) in [5.41, 5.74) is 5.23. The van der Waals surface area contributed by atoms with Crippen LogP contribution >= 0.6 is 0 Å². The van der Waals surface area contributed by atoms with Crippen molar-refractivity contribution in [1.29, 1.82) is 0 Å². The van der Waals surface area contributed by atoms with Crippen molar-refractivity contribution in [2.24, 2.45) is 11.7 Å². The van der Waals surface area contributed by atoms with Crippen LogP contribution in [0.3, 0.4) is 0 Å². The van der Waals surface area contributed by atoms with Crippen molar-refractivity contribution >= 4 is 0 Å². The van der Waals surface area contributed by atoms with Crippen LogP contribution in [0.4, 0.5) is 0 Å². The topological polar surface area (TPSA) is 26.0 Å². The van der Waals surface area contributed by atoms with Crippen LogP contribution in [0, 0.1) is 5.92 Å². The average Bonchev–Trinajstić information content (AvgIpc) is 2.12. The second-order valence-electron chi connectivity index (χ2n) is 1.68. The maximum Gasteiger partial charge on any atom is -0.00489 e. The SMILES string of the molecule is C.NCC1CC1. The Labute approximate surface area is 39.5 Å². The zero-order valence-electron chi connectivity index (χ0n) is 3.28. The molecule has 0 aromatic rings. The van der Waals surface area contributed by atoms with Gasteiger partial charge in [0.15, 0.2) is 0 Å². The standard InChI is InChI=1S/C4H9N.CH4/c5-3-4-1-2-4;/h4H,1-3,5H2;1H4. The third-order valence-corrected chi connectivity index (χ3v) is 1.03. The molecule has 1 aliphatic carbocycles. The Balaban J connectivity index is 0.000000250. The van der Waals surface area contributed by atoms with E-state index in [0.717, 1.165) is 12.5 Å². The molecule has 1 nitrogen and oxygen atoms in total. The number of rotatable bonds is 1. The molecule has 1 fully saturated rings. The molecule has 0 unspecified atom stereocenters. The Morgan fingerprint density at radius 3 is 2.00 bits per heavy atom. The van der Waals surface area contributed by atoms with E-state index in [1.807, 2.05) is 0 Å². The van der Waals surface area contributed by atoms with Crippen molar-refractivity contribution in [2.75, 3.05) is 6.54 Å². The summed E-state index contributed by atoms with van der Waals surface area (Å²) in [6.07, 6.45) is 2.77. The summed E-state index contributed by atoms with van der Waals surface area (Å²) in [7, 11) is 0. The van der Waals surface area contributed by atoms with Gasteiger partial charge in [-0.25, -0.2) is 0 Å². The summed E-state index contributed by atoms with van der Waals surface area (Å²) in [5.74, 6) is 0.912. The summed E-state index contributed by atoms with van der Waals surface area (Å²) in [6, 6.07) is 0. The molecule has 0 saturated heterocycles. The summed E-state index contributed by atoms with van der Waals surface area (Å²) in [6.45, 7) is 0.917. The molecular weight excluding hydrogens is 74.1 g/mol. The molecule has 6 heavy (non-hydrogen) atoms. The van der Waals surface area contributed by atoms with Gasteiger partial charge in [0, 0.05) is 0 Å². The van der Waals surface area contributed by atoms with Gasteiger partial charge < -0.3 is 5.73 Å². The van der Waals surface area contributed by atoms with Crippen molar-refractivity contribution in [3.8, 4) is 0 Å². The fourth-order valence-electron chi connectivity index (χ4n) is 0.354. The lowest BCUT2D eigenvalue weighted by Crippen LogP contribution is -1.98. The predicted octanol–water partition coefficient (Wildman–Crippen LogP) is 0.991. The van der Waals surface area contributed by atoms with E-state index in [4.69, 9.17) is 5.73 Å². The van der Waals surface area contributed by atoms with Crippen LogP contribution in [-0.2, 0) is 0 Å². The summed E-state index contributed by atoms with van der Waals surface area (Å²) in [4.78, 5) is 0. The average molecular weight is 87.2 g/mol. The van der Waals surface area contributed by atoms with Crippen LogP contribution in [0.15, 0.2) is 0 Å². The highest BCUT2D eigenvalue weighted by Gasteiger charge is 2.17. The van der Waals surface area contributed by atoms with E-state index < -0.39 is 0 Å². The largest absolute Gasteiger partial charge is 0.330 e. The van der Waals surface area contributed by atoms with Gasteiger partial charge in [0.25, 0.3) is 0 Å². The highest BCUT2D eigenvalue weighted by atomic mass is 14.6. The van der Waals surface area contributed by atoms with Crippen molar-refractivity contribution in [1.82, 2.24) is 0 Å². The Hall–Kier alpha value is -0.0400. The minimum Gasteiger partial charge on any atom is -0.330 e. The Kier molecular flexibility index (Phi) is 2.18. The highest BCUT2D eigenvalue weighted by Crippen LogP contribution is 2.26. The van der Waals surface area contributed by atoms with E-state index in [2.05, 4.69) is 0 Å². The van der Waals surface area contributed by atoms with E-state index in [9.17, 15) is 0 Å². The molecule has 2 N–H and O–H groups in total. The Morgan fingerprint density at radius 2 is 2.00 bits per heavy atom. The smallest absolute Gasteiger partial charge is 0.00489 e. The molecule has 0 atom stereocenters. The second kappa shape index (κ2) is 2.19. The van der Waals surface area contributed by atoms with Crippen LogP contribution in [0.25, 0.3) is 0 Å². The molecule has 0 aromatic heterocycles. The number of hydrogen-bond donors (Lipinski definition) is 1. The molecule has 0 aliphatic heterocycles. The summed E-state index contributed by atoms with van der Waals surface area (Å²) < 4.78 is 0. The van der Waals surface area contributed by atoms with Gasteiger partial charge in [0.1, 0.15) is 0 Å². The molecule has 0 aromatic carbocycles. The monoisotopic (exact) mass is 87.1 g/mol. The minimum atomic E-state index is 0. The van der Waals surface area contributed by atoms with Crippen LogP contribution in [0.5, 0.6) is 0 Å². The lowest BCUT2D eigenvalue weighted by Gasteiger charge is -1.74. The van der Waals surface area contributed by atoms with Gasteiger partial charge in [-0.05, 0) is 25.3 Å². The van der Waals surface area contributed by atoms with Crippen molar-refractivity contribution in [3.05, 3.63) is 0 Å². The zero-order chi connectivity index (χ0) is 3.70. The third kappa shape index (κ3) is 1.41. The molecule has 1 aliphatic rings. The van der Waals surface area contributed by atoms with Gasteiger partial charge in [-0.1, -0.05) is 7.43 Å². The maximum absolute atomic E-state index is 5.23. The first kappa shape index (κ1) is 5.96. The first-order valence-corrected chi connectivity index (χ1v) is 2.13. The molecule has 1 heteroatoms. The molecular formula is C5H13N. The summed E-state index contributed by atoms with van der Waals surface area (Å²) in [5, 5.41) is 0. The van der Waals surface area contributed by atoms with E-state index >= 15 is 0 Å². The molecule has 1 rings (SSSR count). The van der Waals surface area contributed by atoms with Gasteiger partial charge in [-0.15, -0.1) is 0 Å². The lowest BCUT2D eigenvalue weighted by atomic mass is 10.5. The fraction of sp³-hybridized carbons (Fsp3) is 1.00.